The molecule has 6 aromatic rings. The van der Waals surface area contributed by atoms with Gasteiger partial charge in [0.2, 0.25) is 0 Å². The van der Waals surface area contributed by atoms with Crippen LogP contribution < -0.4 is 5.56 Å². The second kappa shape index (κ2) is 11.9. The van der Waals surface area contributed by atoms with Crippen LogP contribution in [0.4, 0.5) is 0 Å². The van der Waals surface area contributed by atoms with E-state index in [0.717, 1.165) is 28.2 Å². The van der Waals surface area contributed by atoms with E-state index >= 15 is 0 Å². The third-order valence-corrected chi connectivity index (χ3v) is 9.10. The van der Waals surface area contributed by atoms with Gasteiger partial charge in [-0.1, -0.05) is 60.3 Å². The van der Waals surface area contributed by atoms with E-state index in [0.29, 0.717) is 32.2 Å². The van der Waals surface area contributed by atoms with Gasteiger partial charge in [0.15, 0.2) is 10.9 Å². The van der Waals surface area contributed by atoms with Gasteiger partial charge in [-0.25, -0.2) is 9.78 Å². The highest BCUT2D eigenvalue weighted by Crippen LogP contribution is 2.33. The molecule has 43 heavy (non-hydrogen) atoms. The smallest absolute Gasteiger partial charge is 0.337 e. The van der Waals surface area contributed by atoms with Crippen LogP contribution in [-0.4, -0.2) is 38.7 Å². The van der Waals surface area contributed by atoms with Crippen LogP contribution in [0, 0.1) is 13.8 Å². The molecule has 3 aromatic heterocycles. The fourth-order valence-electron chi connectivity index (χ4n) is 5.22. The number of thiophene rings is 1. The van der Waals surface area contributed by atoms with Gasteiger partial charge in [-0.15, -0.1) is 11.3 Å². The summed E-state index contributed by atoms with van der Waals surface area (Å²) in [4.78, 5) is 45.0. The molecule has 9 heteroatoms. The molecule has 0 N–H and O–H groups in total. The van der Waals surface area contributed by atoms with Gasteiger partial charge in [-0.2, -0.15) is 0 Å². The number of benzene rings is 3. The van der Waals surface area contributed by atoms with Crippen molar-refractivity contribution in [2.24, 2.45) is 0 Å². The van der Waals surface area contributed by atoms with Gasteiger partial charge in [0, 0.05) is 33.6 Å². The van der Waals surface area contributed by atoms with Crippen molar-refractivity contribution in [3.63, 3.8) is 0 Å². The van der Waals surface area contributed by atoms with Crippen LogP contribution >= 0.6 is 23.1 Å². The van der Waals surface area contributed by atoms with Crippen LogP contribution in [-0.2, 0) is 4.74 Å². The van der Waals surface area contributed by atoms with Crippen molar-refractivity contribution in [1.29, 1.82) is 0 Å². The Labute approximate surface area is 256 Å². The molecule has 0 saturated carbocycles. The third-order valence-electron chi connectivity index (χ3n) is 7.29. The van der Waals surface area contributed by atoms with Crippen LogP contribution in [0.15, 0.2) is 106 Å². The Balaban J connectivity index is 1.34. The van der Waals surface area contributed by atoms with Crippen LogP contribution in [0.5, 0.6) is 0 Å². The number of para-hydroxylation sites is 1. The van der Waals surface area contributed by atoms with Gasteiger partial charge in [0.1, 0.15) is 4.83 Å². The van der Waals surface area contributed by atoms with Gasteiger partial charge in [0.05, 0.1) is 29.5 Å². The zero-order valence-corrected chi connectivity index (χ0v) is 25.4. The number of hydrogen-bond donors (Lipinski definition) is 0. The molecule has 0 aliphatic heterocycles. The molecule has 0 radical (unpaired) electrons. The standard InChI is InChI=1S/C34H27N3O4S2/c1-21-18-27(22(2)36(21)26-16-14-24(15-17-26)33(40)41-3)29(38)20-43-34-35-31-30(28(19-42-31)23-10-6-4-7-11-23)32(39)37(34)25-12-8-5-9-13-25/h4-19H,20H2,1-3H3. The zero-order valence-electron chi connectivity index (χ0n) is 23.7. The largest absolute Gasteiger partial charge is 0.465 e. The van der Waals surface area contributed by atoms with Gasteiger partial charge in [-0.3, -0.25) is 14.2 Å². The van der Waals surface area contributed by atoms with E-state index in [4.69, 9.17) is 9.72 Å². The maximum Gasteiger partial charge on any atom is 0.337 e. The normalized spacial score (nSPS) is 11.1. The molecule has 6 rings (SSSR count). The van der Waals surface area contributed by atoms with E-state index in [2.05, 4.69) is 0 Å². The predicted molar refractivity (Wildman–Crippen MR) is 172 cm³/mol. The van der Waals surface area contributed by atoms with Crippen molar-refractivity contribution in [3.8, 4) is 22.5 Å². The molecule has 0 spiro atoms. The number of nitrogens with zero attached hydrogens (tertiary/aromatic N) is 3. The Morgan fingerprint density at radius 2 is 1.53 bits per heavy atom. The average Bonchev–Trinajstić information content (AvgIpc) is 3.60. The first-order valence-corrected chi connectivity index (χ1v) is 15.4. The first kappa shape index (κ1) is 28.4. The number of aryl methyl sites for hydroxylation is 1. The second-order valence-electron chi connectivity index (χ2n) is 9.94. The van der Waals surface area contributed by atoms with E-state index in [1.165, 1.54) is 30.2 Å². The van der Waals surface area contributed by atoms with Gasteiger partial charge < -0.3 is 9.30 Å². The molecule has 7 nitrogen and oxygen atoms in total. The van der Waals surface area contributed by atoms with Crippen molar-refractivity contribution in [3.05, 3.63) is 129 Å². The summed E-state index contributed by atoms with van der Waals surface area (Å²) in [6, 6.07) is 28.2. The SMILES string of the molecule is COC(=O)c1ccc(-n2c(C)cc(C(=O)CSc3nc4scc(-c5ccccc5)c4c(=O)n3-c3ccccc3)c2C)cc1. The highest BCUT2D eigenvalue weighted by Gasteiger charge is 2.22. The Morgan fingerprint density at radius 3 is 2.21 bits per heavy atom. The lowest BCUT2D eigenvalue weighted by Crippen LogP contribution is -2.22. The Kier molecular flexibility index (Phi) is 7.84. The minimum absolute atomic E-state index is 0.0688. The number of aromatic nitrogens is 3. The minimum Gasteiger partial charge on any atom is -0.465 e. The molecular formula is C34H27N3O4S2. The van der Waals surface area contributed by atoms with Crippen LogP contribution in [0.25, 0.3) is 32.7 Å². The topological polar surface area (TPSA) is 83.2 Å². The molecule has 0 saturated heterocycles. The summed E-state index contributed by atoms with van der Waals surface area (Å²) in [6.45, 7) is 3.84. The maximum atomic E-state index is 14.1. The zero-order chi connectivity index (χ0) is 30.1. The number of Topliss-reactive ketones (excluding diaryl/α,β-unsaturated/α-hetero) is 1. The van der Waals surface area contributed by atoms with E-state index in [1.807, 2.05) is 103 Å². The second-order valence-corrected chi connectivity index (χ2v) is 11.7. The fourth-order valence-corrected chi connectivity index (χ4v) is 7.10. The van der Waals surface area contributed by atoms with Gasteiger partial charge >= 0.3 is 5.97 Å². The predicted octanol–water partition coefficient (Wildman–Crippen LogP) is 7.28. The average molecular weight is 606 g/mol. The summed E-state index contributed by atoms with van der Waals surface area (Å²) in [6.07, 6.45) is 0. The number of esters is 1. The summed E-state index contributed by atoms with van der Waals surface area (Å²) < 4.78 is 8.39. The summed E-state index contributed by atoms with van der Waals surface area (Å²) in [5.41, 5.74) is 5.91. The monoisotopic (exact) mass is 605 g/mol. The number of ketones is 1. The Hall–Kier alpha value is -4.73. The summed E-state index contributed by atoms with van der Waals surface area (Å²) in [5, 5.41) is 3.00. The van der Waals surface area contributed by atoms with Crippen molar-refractivity contribution >= 4 is 45.1 Å². The number of rotatable bonds is 8. The summed E-state index contributed by atoms with van der Waals surface area (Å²) in [5.74, 6) is -0.367. The van der Waals surface area contributed by atoms with Crippen molar-refractivity contribution in [2.45, 2.75) is 19.0 Å². The molecule has 3 aromatic carbocycles. The Morgan fingerprint density at radius 1 is 0.884 bits per heavy atom. The lowest BCUT2D eigenvalue weighted by Gasteiger charge is -2.13. The number of carbonyl (C=O) groups excluding carboxylic acids is 2. The van der Waals surface area contributed by atoms with Crippen LogP contribution in [0.2, 0.25) is 0 Å². The molecule has 0 aliphatic rings. The van der Waals surface area contributed by atoms with Crippen LogP contribution in [0.1, 0.15) is 32.1 Å². The highest BCUT2D eigenvalue weighted by atomic mass is 32.2. The van der Waals surface area contributed by atoms with Crippen molar-refractivity contribution in [2.75, 3.05) is 12.9 Å². The molecule has 0 bridgehead atoms. The number of thioether (sulfide) groups is 1. The highest BCUT2D eigenvalue weighted by molar-refractivity contribution is 7.99. The quantitative estimate of drug-likeness (QED) is 0.0785. The lowest BCUT2D eigenvalue weighted by molar-refractivity contribution is 0.0600. The van der Waals surface area contributed by atoms with Crippen LogP contribution in [0.3, 0.4) is 0 Å². The number of hydrogen-bond acceptors (Lipinski definition) is 7. The molecule has 3 heterocycles. The van der Waals surface area contributed by atoms with Crippen molar-refractivity contribution in [1.82, 2.24) is 14.1 Å². The molecule has 0 atom stereocenters. The number of fused-ring (bicyclic) bond motifs is 1. The molecule has 0 aliphatic carbocycles. The number of carbonyl (C=O) groups is 2. The van der Waals surface area contributed by atoms with E-state index in [-0.39, 0.29) is 17.1 Å². The Bertz CT molecular complexity index is 2030. The van der Waals surface area contributed by atoms with Gasteiger partial charge in [0.25, 0.3) is 5.56 Å². The van der Waals surface area contributed by atoms with Crippen molar-refractivity contribution < 1.29 is 14.3 Å². The van der Waals surface area contributed by atoms with E-state index in [9.17, 15) is 14.4 Å². The number of ether oxygens (including phenoxy) is 1. The molecule has 0 unspecified atom stereocenters. The fraction of sp³-hybridized carbons (Fsp3) is 0.118. The van der Waals surface area contributed by atoms with E-state index in [1.54, 1.807) is 16.7 Å². The number of methoxy groups -OCH3 is 1. The first-order chi connectivity index (χ1) is 20.9. The van der Waals surface area contributed by atoms with Gasteiger partial charge in [-0.05, 0) is 61.9 Å². The van der Waals surface area contributed by atoms with E-state index < -0.39 is 5.97 Å². The molecule has 0 fully saturated rings. The minimum atomic E-state index is -0.403. The summed E-state index contributed by atoms with van der Waals surface area (Å²) >= 11 is 2.68. The first-order valence-electron chi connectivity index (χ1n) is 13.6. The maximum absolute atomic E-state index is 14.1. The third kappa shape index (κ3) is 5.33. The molecule has 0 amide bonds. The lowest BCUT2D eigenvalue weighted by atomic mass is 10.1. The molecule has 214 valence electrons. The summed E-state index contributed by atoms with van der Waals surface area (Å²) in [7, 11) is 1.35. The molecular weight excluding hydrogens is 579 g/mol.